The molecule has 7 heteroatoms. The summed E-state index contributed by atoms with van der Waals surface area (Å²) in [4.78, 5) is 31.3. The molecule has 0 radical (unpaired) electrons. The number of carbonyl (C=O) groups excluding carboxylic acids is 2. The largest absolute Gasteiger partial charge is 0.339 e. The highest BCUT2D eigenvalue weighted by atomic mass is 32.2. The van der Waals surface area contributed by atoms with Crippen LogP contribution in [0.1, 0.15) is 16.7 Å². The summed E-state index contributed by atoms with van der Waals surface area (Å²) < 4.78 is 0. The molecule has 1 fully saturated rings. The van der Waals surface area contributed by atoms with Crippen LogP contribution in [0.4, 0.5) is 5.69 Å². The van der Waals surface area contributed by atoms with Gasteiger partial charge in [-0.15, -0.1) is 11.8 Å². The lowest BCUT2D eigenvalue weighted by Crippen LogP contribution is -2.51. The molecule has 0 N–H and O–H groups in total. The van der Waals surface area contributed by atoms with Gasteiger partial charge < -0.3 is 9.80 Å². The van der Waals surface area contributed by atoms with Gasteiger partial charge in [0, 0.05) is 44.2 Å². The maximum atomic E-state index is 12.8. The van der Waals surface area contributed by atoms with Crippen molar-refractivity contribution >= 4 is 29.3 Å². The van der Waals surface area contributed by atoms with Crippen LogP contribution >= 0.6 is 11.8 Å². The molecule has 4 rings (SSSR count). The van der Waals surface area contributed by atoms with Gasteiger partial charge in [-0.3, -0.25) is 14.5 Å². The molecule has 2 aliphatic rings. The number of rotatable bonds is 6. The van der Waals surface area contributed by atoms with E-state index in [9.17, 15) is 9.59 Å². The number of nitrogens with zero attached hydrogens (tertiary/aromatic N) is 4. The van der Waals surface area contributed by atoms with Crippen molar-refractivity contribution in [2.45, 2.75) is 12.2 Å². The Labute approximate surface area is 187 Å². The molecule has 2 aromatic carbocycles. The summed E-state index contributed by atoms with van der Waals surface area (Å²) in [6, 6.07) is 17.7. The fourth-order valence-electron chi connectivity index (χ4n) is 4.05. The van der Waals surface area contributed by atoms with Gasteiger partial charge in [-0.25, -0.2) is 0 Å². The molecular weight excluding hydrogens is 408 g/mol. The van der Waals surface area contributed by atoms with Crippen LogP contribution in [0, 0.1) is 11.3 Å². The van der Waals surface area contributed by atoms with E-state index >= 15 is 0 Å². The summed E-state index contributed by atoms with van der Waals surface area (Å²) in [5, 5.41) is 8.85. The van der Waals surface area contributed by atoms with Crippen LogP contribution in [0.3, 0.4) is 0 Å². The molecule has 2 aromatic rings. The first-order chi connectivity index (χ1) is 15.1. The Morgan fingerprint density at radius 2 is 1.68 bits per heavy atom. The van der Waals surface area contributed by atoms with E-state index in [1.54, 1.807) is 23.9 Å². The molecular formula is C24H26N4O2S. The first kappa shape index (κ1) is 21.4. The molecule has 0 unspecified atom stereocenters. The zero-order chi connectivity index (χ0) is 21.6. The lowest BCUT2D eigenvalue weighted by Gasteiger charge is -2.35. The smallest absolute Gasteiger partial charge is 0.241 e. The van der Waals surface area contributed by atoms with Crippen molar-refractivity contribution in [2.75, 3.05) is 49.9 Å². The van der Waals surface area contributed by atoms with E-state index < -0.39 is 0 Å². The molecule has 0 aromatic heterocycles. The predicted octanol–water partition coefficient (Wildman–Crippen LogP) is 2.52. The van der Waals surface area contributed by atoms with Crippen molar-refractivity contribution in [1.82, 2.24) is 9.80 Å². The van der Waals surface area contributed by atoms with Gasteiger partial charge in [0.2, 0.25) is 11.8 Å². The third kappa shape index (κ3) is 5.27. The van der Waals surface area contributed by atoms with Gasteiger partial charge in [-0.2, -0.15) is 5.26 Å². The summed E-state index contributed by atoms with van der Waals surface area (Å²) in [7, 11) is 0. The molecule has 0 atom stereocenters. The maximum Gasteiger partial charge on any atom is 0.241 e. The van der Waals surface area contributed by atoms with E-state index in [0.717, 1.165) is 43.1 Å². The minimum atomic E-state index is 0.141. The van der Waals surface area contributed by atoms with E-state index in [1.165, 1.54) is 5.56 Å². The Morgan fingerprint density at radius 3 is 2.42 bits per heavy atom. The lowest BCUT2D eigenvalue weighted by atomic mass is 10.2. The van der Waals surface area contributed by atoms with Crippen LogP contribution in [0.5, 0.6) is 0 Å². The van der Waals surface area contributed by atoms with Crippen LogP contribution in [0.15, 0.2) is 48.5 Å². The second-order valence-electron chi connectivity index (χ2n) is 7.88. The Kier molecular flexibility index (Phi) is 6.90. The van der Waals surface area contributed by atoms with Gasteiger partial charge in [-0.1, -0.05) is 30.3 Å². The quantitative estimate of drug-likeness (QED) is 0.699. The standard InChI is InChI=1S/C24H26N4O2S/c25-15-19-5-7-20(8-6-19)17-31-18-24(30)27-13-11-26(12-14-27)16-23(29)28-10-9-21-3-1-2-4-22(21)28/h1-8H,9-14,16-18H2. The van der Waals surface area contributed by atoms with Crippen molar-refractivity contribution in [3.8, 4) is 6.07 Å². The average molecular weight is 435 g/mol. The van der Waals surface area contributed by atoms with Crippen LogP contribution in [0.2, 0.25) is 0 Å². The number of hydrogen-bond acceptors (Lipinski definition) is 5. The van der Waals surface area contributed by atoms with E-state index in [-0.39, 0.29) is 11.8 Å². The summed E-state index contributed by atoms with van der Waals surface area (Å²) in [5.74, 6) is 1.49. The summed E-state index contributed by atoms with van der Waals surface area (Å²) in [5.41, 5.74) is 4.05. The molecule has 0 bridgehead atoms. The minimum Gasteiger partial charge on any atom is -0.339 e. The summed E-state index contributed by atoms with van der Waals surface area (Å²) in [6.45, 7) is 3.96. The van der Waals surface area contributed by atoms with Crippen molar-refractivity contribution in [3.63, 3.8) is 0 Å². The molecule has 2 amide bonds. The average Bonchev–Trinajstić information content (AvgIpc) is 3.24. The van der Waals surface area contributed by atoms with Crippen LogP contribution in [-0.4, -0.2) is 66.6 Å². The number of fused-ring (bicyclic) bond motifs is 1. The monoisotopic (exact) mass is 434 g/mol. The highest BCUT2D eigenvalue weighted by Gasteiger charge is 2.27. The fraction of sp³-hybridized carbons (Fsp3) is 0.375. The molecule has 0 saturated carbocycles. The van der Waals surface area contributed by atoms with Gasteiger partial charge in [0.1, 0.15) is 0 Å². The Bertz CT molecular complexity index is 978. The number of anilines is 1. The fourth-order valence-corrected chi connectivity index (χ4v) is 4.94. The number of para-hydroxylation sites is 1. The van der Waals surface area contributed by atoms with Gasteiger partial charge in [0.15, 0.2) is 0 Å². The van der Waals surface area contributed by atoms with Gasteiger partial charge in [-0.05, 0) is 35.7 Å². The van der Waals surface area contributed by atoms with Gasteiger partial charge in [0.05, 0.1) is 23.9 Å². The van der Waals surface area contributed by atoms with Crippen LogP contribution in [-0.2, 0) is 21.8 Å². The van der Waals surface area contributed by atoms with E-state index in [4.69, 9.17) is 5.26 Å². The first-order valence-corrected chi connectivity index (χ1v) is 11.7. The summed E-state index contributed by atoms with van der Waals surface area (Å²) >= 11 is 1.59. The zero-order valence-electron chi connectivity index (χ0n) is 17.5. The second kappa shape index (κ2) is 9.99. The number of hydrogen-bond donors (Lipinski definition) is 0. The second-order valence-corrected chi connectivity index (χ2v) is 8.87. The van der Waals surface area contributed by atoms with E-state index in [1.807, 2.05) is 40.1 Å². The molecule has 2 aliphatic heterocycles. The molecule has 6 nitrogen and oxygen atoms in total. The Morgan fingerprint density at radius 1 is 0.935 bits per heavy atom. The van der Waals surface area contributed by atoms with Crippen molar-refractivity contribution in [2.24, 2.45) is 0 Å². The number of nitriles is 1. The molecule has 0 spiro atoms. The third-order valence-corrected chi connectivity index (χ3v) is 6.84. The molecule has 0 aliphatic carbocycles. The Balaban J connectivity index is 1.18. The van der Waals surface area contributed by atoms with Crippen molar-refractivity contribution in [1.29, 1.82) is 5.26 Å². The normalized spacial score (nSPS) is 16.1. The zero-order valence-corrected chi connectivity index (χ0v) is 18.3. The maximum absolute atomic E-state index is 12.8. The van der Waals surface area contributed by atoms with E-state index in [0.29, 0.717) is 31.0 Å². The first-order valence-electron chi connectivity index (χ1n) is 10.6. The number of thioether (sulfide) groups is 1. The lowest BCUT2D eigenvalue weighted by molar-refractivity contribution is -0.130. The molecule has 160 valence electrons. The molecule has 1 saturated heterocycles. The van der Waals surface area contributed by atoms with Crippen molar-refractivity contribution < 1.29 is 9.59 Å². The summed E-state index contributed by atoms with van der Waals surface area (Å²) in [6.07, 6.45) is 0.921. The number of benzene rings is 2. The van der Waals surface area contributed by atoms with Crippen LogP contribution in [0.25, 0.3) is 0 Å². The third-order valence-electron chi connectivity index (χ3n) is 5.85. The molecule has 31 heavy (non-hydrogen) atoms. The molecule has 2 heterocycles. The number of piperazine rings is 1. The van der Waals surface area contributed by atoms with Crippen molar-refractivity contribution in [3.05, 3.63) is 65.2 Å². The number of carbonyl (C=O) groups is 2. The topological polar surface area (TPSA) is 67.6 Å². The highest BCUT2D eigenvalue weighted by Crippen LogP contribution is 2.27. The van der Waals surface area contributed by atoms with Gasteiger partial charge in [0.25, 0.3) is 0 Å². The predicted molar refractivity (Wildman–Crippen MR) is 123 cm³/mol. The number of amides is 2. The van der Waals surface area contributed by atoms with E-state index in [2.05, 4.69) is 17.0 Å². The SMILES string of the molecule is N#Cc1ccc(CSCC(=O)N2CCN(CC(=O)N3CCc4ccccc43)CC2)cc1. The highest BCUT2D eigenvalue weighted by molar-refractivity contribution is 7.99. The minimum absolute atomic E-state index is 0.141. The van der Waals surface area contributed by atoms with Crippen LogP contribution < -0.4 is 4.90 Å². The Hall–Kier alpha value is -2.82. The van der Waals surface area contributed by atoms with Gasteiger partial charge >= 0.3 is 0 Å².